The molecule has 8 nitrogen and oxygen atoms in total. The maximum absolute atomic E-state index is 12.7. The van der Waals surface area contributed by atoms with Crippen LogP contribution < -0.4 is 20.1 Å². The van der Waals surface area contributed by atoms with Crippen LogP contribution in [0.15, 0.2) is 85.5 Å². The van der Waals surface area contributed by atoms with Gasteiger partial charge < -0.3 is 24.8 Å². The third-order valence-corrected chi connectivity index (χ3v) is 6.02. The molecule has 0 fully saturated rings. The smallest absolute Gasteiger partial charge is 0.412 e. The van der Waals surface area contributed by atoms with E-state index in [4.69, 9.17) is 14.2 Å². The molecule has 4 aromatic carbocycles. The van der Waals surface area contributed by atoms with Gasteiger partial charge in [-0.3, -0.25) is 0 Å². The van der Waals surface area contributed by atoms with Crippen LogP contribution in [0.2, 0.25) is 0 Å². The molecule has 0 aromatic heterocycles. The second kappa shape index (κ2) is 13.1. The molecule has 2 N–H and O–H groups in total. The topological polar surface area (TPSA) is 103 Å². The van der Waals surface area contributed by atoms with Gasteiger partial charge in [0, 0.05) is 23.7 Å². The highest BCUT2D eigenvalue weighted by atomic mass is 16.6. The van der Waals surface area contributed by atoms with Gasteiger partial charge in [-0.25, -0.2) is 14.4 Å². The predicted molar refractivity (Wildman–Crippen MR) is 151 cm³/mol. The van der Waals surface area contributed by atoms with Crippen LogP contribution >= 0.6 is 0 Å². The van der Waals surface area contributed by atoms with Gasteiger partial charge in [-0.05, 0) is 40.1 Å². The van der Waals surface area contributed by atoms with Gasteiger partial charge in [-0.15, -0.1) is 0 Å². The zero-order valence-corrected chi connectivity index (χ0v) is 21.7. The van der Waals surface area contributed by atoms with Crippen molar-refractivity contribution in [2.24, 2.45) is 0 Å². The summed E-state index contributed by atoms with van der Waals surface area (Å²) in [6.45, 7) is 5.91. The molecule has 8 heteroatoms. The summed E-state index contributed by atoms with van der Waals surface area (Å²) in [7, 11) is 0. The van der Waals surface area contributed by atoms with E-state index in [-0.39, 0.29) is 18.9 Å². The first-order chi connectivity index (χ1) is 19.0. The Bertz CT molecular complexity index is 1510. The second-order valence-corrected chi connectivity index (χ2v) is 8.68. The molecule has 0 saturated carbocycles. The number of hydrogen-bond acceptors (Lipinski definition) is 6. The first kappa shape index (κ1) is 27.2. The molecule has 0 aliphatic rings. The second-order valence-electron chi connectivity index (χ2n) is 8.68. The van der Waals surface area contributed by atoms with E-state index in [0.717, 1.165) is 40.5 Å². The minimum Gasteiger partial charge on any atom is -0.461 e. The molecule has 39 heavy (non-hydrogen) atoms. The molecule has 0 aliphatic carbocycles. The number of rotatable bonds is 10. The summed E-state index contributed by atoms with van der Waals surface area (Å²) in [4.78, 5) is 36.6. The maximum atomic E-state index is 12.7. The lowest BCUT2D eigenvalue weighted by Crippen LogP contribution is -2.30. The molecule has 0 aliphatic heterocycles. The van der Waals surface area contributed by atoms with Crippen molar-refractivity contribution in [3.05, 3.63) is 85.5 Å². The SMILES string of the molecule is C=CC(=O)OCCNC(=O)Oc1ccc2ccccc2c1-c1c(OC(=O)NCCCC)ccc2ccccc12. The molecule has 0 atom stereocenters. The summed E-state index contributed by atoms with van der Waals surface area (Å²) >= 11 is 0. The third kappa shape index (κ3) is 6.73. The molecule has 4 rings (SSSR count). The largest absolute Gasteiger partial charge is 0.461 e. The highest BCUT2D eigenvalue weighted by molar-refractivity contribution is 6.10. The van der Waals surface area contributed by atoms with Gasteiger partial charge in [0.15, 0.2) is 0 Å². The Morgan fingerprint density at radius 3 is 1.77 bits per heavy atom. The molecular weight excluding hydrogens is 496 g/mol. The Kier molecular flexibility index (Phi) is 9.13. The van der Waals surface area contributed by atoms with Crippen LogP contribution in [0.1, 0.15) is 19.8 Å². The minimum atomic E-state index is -0.721. The van der Waals surface area contributed by atoms with Crippen molar-refractivity contribution in [2.75, 3.05) is 19.7 Å². The number of ether oxygens (including phenoxy) is 3. The number of unbranched alkanes of at least 4 members (excludes halogenated alkanes) is 1. The number of carbonyl (C=O) groups excluding carboxylic acids is 3. The molecule has 0 radical (unpaired) electrons. The van der Waals surface area contributed by atoms with Crippen LogP contribution in [0.5, 0.6) is 11.5 Å². The summed E-state index contributed by atoms with van der Waals surface area (Å²) in [5.41, 5.74) is 1.23. The fraction of sp³-hybridized carbons (Fsp3) is 0.194. The minimum absolute atomic E-state index is 0.0288. The first-order valence-electron chi connectivity index (χ1n) is 12.8. The molecule has 0 spiro atoms. The Balaban J connectivity index is 1.76. The molecule has 0 heterocycles. The molecule has 4 aromatic rings. The van der Waals surface area contributed by atoms with E-state index in [1.165, 1.54) is 0 Å². The zero-order valence-electron chi connectivity index (χ0n) is 21.7. The van der Waals surface area contributed by atoms with E-state index in [1.54, 1.807) is 12.1 Å². The Morgan fingerprint density at radius 1 is 0.744 bits per heavy atom. The maximum Gasteiger partial charge on any atom is 0.412 e. The van der Waals surface area contributed by atoms with Crippen LogP contribution in [-0.2, 0) is 9.53 Å². The van der Waals surface area contributed by atoms with E-state index in [2.05, 4.69) is 17.2 Å². The summed E-state index contributed by atoms with van der Waals surface area (Å²) in [5, 5.41) is 8.86. The van der Waals surface area contributed by atoms with Gasteiger partial charge >= 0.3 is 18.2 Å². The van der Waals surface area contributed by atoms with Crippen molar-refractivity contribution in [3.63, 3.8) is 0 Å². The zero-order chi connectivity index (χ0) is 27.6. The molecule has 0 bridgehead atoms. The summed E-state index contributed by atoms with van der Waals surface area (Å²) in [6, 6.07) is 22.6. The summed E-state index contributed by atoms with van der Waals surface area (Å²) < 4.78 is 16.5. The Labute approximate surface area is 226 Å². The first-order valence-corrected chi connectivity index (χ1v) is 12.8. The normalized spacial score (nSPS) is 10.6. The fourth-order valence-electron chi connectivity index (χ4n) is 4.19. The fourth-order valence-corrected chi connectivity index (χ4v) is 4.19. The lowest BCUT2D eigenvalue weighted by atomic mass is 9.92. The number of carbonyl (C=O) groups is 3. The molecule has 0 saturated heterocycles. The van der Waals surface area contributed by atoms with Crippen molar-refractivity contribution >= 4 is 39.7 Å². The lowest BCUT2D eigenvalue weighted by molar-refractivity contribution is -0.137. The van der Waals surface area contributed by atoms with Crippen molar-refractivity contribution in [2.45, 2.75) is 19.8 Å². The molecule has 200 valence electrons. The molecule has 0 unspecified atom stereocenters. The lowest BCUT2D eigenvalue weighted by Gasteiger charge is -2.19. The Morgan fingerprint density at radius 2 is 1.26 bits per heavy atom. The van der Waals surface area contributed by atoms with Crippen molar-refractivity contribution < 1.29 is 28.6 Å². The van der Waals surface area contributed by atoms with E-state index < -0.39 is 18.2 Å². The van der Waals surface area contributed by atoms with E-state index in [9.17, 15) is 14.4 Å². The van der Waals surface area contributed by atoms with Gasteiger partial charge in [0.2, 0.25) is 0 Å². The van der Waals surface area contributed by atoms with Crippen LogP contribution in [0.4, 0.5) is 9.59 Å². The number of benzene rings is 4. The number of nitrogens with one attached hydrogen (secondary N) is 2. The third-order valence-electron chi connectivity index (χ3n) is 6.02. The van der Waals surface area contributed by atoms with Crippen molar-refractivity contribution in [1.82, 2.24) is 10.6 Å². The van der Waals surface area contributed by atoms with Gasteiger partial charge in [0.25, 0.3) is 0 Å². The average Bonchev–Trinajstić information content (AvgIpc) is 2.95. The highest BCUT2D eigenvalue weighted by Crippen LogP contribution is 2.45. The van der Waals surface area contributed by atoms with E-state index in [1.807, 2.05) is 67.6 Å². The van der Waals surface area contributed by atoms with E-state index >= 15 is 0 Å². The quantitative estimate of drug-likeness (QED) is 0.141. The van der Waals surface area contributed by atoms with Gasteiger partial charge in [0.05, 0.1) is 6.54 Å². The van der Waals surface area contributed by atoms with Crippen LogP contribution in [0.3, 0.4) is 0 Å². The van der Waals surface area contributed by atoms with Crippen molar-refractivity contribution in [1.29, 1.82) is 0 Å². The number of esters is 1. The van der Waals surface area contributed by atoms with Gasteiger partial charge in [0.1, 0.15) is 18.1 Å². The predicted octanol–water partition coefficient (Wildman–Crippen LogP) is 6.37. The Hall–Kier alpha value is -4.85. The average molecular weight is 527 g/mol. The van der Waals surface area contributed by atoms with Gasteiger partial charge in [-0.2, -0.15) is 0 Å². The van der Waals surface area contributed by atoms with E-state index in [0.29, 0.717) is 23.4 Å². The highest BCUT2D eigenvalue weighted by Gasteiger charge is 2.22. The standard InChI is InChI=1S/C31H30N2O6/c1-3-5-18-32-30(35)38-25-16-14-21-10-6-8-12-23(21)28(25)29-24-13-9-7-11-22(24)15-17-26(29)39-31(36)33-19-20-37-27(34)4-2/h4,6-17H,2-3,5,18-20H2,1H3,(H,32,35)(H,33,36). The molecular formula is C31H30N2O6. The number of amides is 2. The summed E-state index contributed by atoms with van der Waals surface area (Å²) in [6.07, 6.45) is 1.55. The van der Waals surface area contributed by atoms with Crippen LogP contribution in [0.25, 0.3) is 32.7 Å². The monoisotopic (exact) mass is 526 g/mol. The number of hydrogen-bond donors (Lipinski definition) is 2. The van der Waals surface area contributed by atoms with Crippen LogP contribution in [-0.4, -0.2) is 37.9 Å². The summed E-state index contributed by atoms with van der Waals surface area (Å²) in [5.74, 6) is 0.0340. The van der Waals surface area contributed by atoms with Gasteiger partial charge in [-0.1, -0.05) is 80.6 Å². The van der Waals surface area contributed by atoms with Crippen molar-refractivity contribution in [3.8, 4) is 22.6 Å². The molecule has 2 amide bonds. The van der Waals surface area contributed by atoms with Crippen LogP contribution in [0, 0.1) is 0 Å². The number of fused-ring (bicyclic) bond motifs is 2.